The Morgan fingerprint density at radius 3 is 1.68 bits per heavy atom. The van der Waals surface area contributed by atoms with Gasteiger partial charge in [-0.3, -0.25) is 0 Å². The summed E-state index contributed by atoms with van der Waals surface area (Å²) in [7, 11) is 0. The first-order valence-corrected chi connectivity index (χ1v) is 26.0. The monoisotopic (exact) mass is 954 g/mol. The largest absolute Gasteiger partial charge is 0.308 e. The molecule has 13 aromatic rings. The van der Waals surface area contributed by atoms with Crippen molar-refractivity contribution < 1.29 is 0 Å². The van der Waals surface area contributed by atoms with Crippen molar-refractivity contribution in [3.63, 3.8) is 0 Å². The highest BCUT2D eigenvalue weighted by molar-refractivity contribution is 6.18. The first-order chi connectivity index (χ1) is 36.9. The van der Waals surface area contributed by atoms with Crippen LogP contribution in [-0.4, -0.2) is 19.5 Å². The highest BCUT2D eigenvalue weighted by atomic mass is 15.0. The topological polar surface area (TPSA) is 43.6 Å². The molecule has 0 atom stereocenters. The lowest BCUT2D eigenvalue weighted by Gasteiger charge is -2.33. The van der Waals surface area contributed by atoms with Gasteiger partial charge >= 0.3 is 0 Å². The average Bonchev–Trinajstić information content (AvgIpc) is 4.02. The second-order valence-corrected chi connectivity index (χ2v) is 21.1. The van der Waals surface area contributed by atoms with E-state index in [2.05, 4.69) is 261 Å². The maximum Gasteiger partial charge on any atom is 0.164 e. The van der Waals surface area contributed by atoms with Gasteiger partial charge in [0.2, 0.25) is 0 Å². The molecule has 0 spiro atoms. The predicted molar refractivity (Wildman–Crippen MR) is 307 cm³/mol. The summed E-state index contributed by atoms with van der Waals surface area (Å²) in [4.78, 5) is 16.3. The van der Waals surface area contributed by atoms with Crippen LogP contribution in [0.1, 0.15) is 47.2 Å². The molecule has 2 aliphatic carbocycles. The summed E-state index contributed by atoms with van der Waals surface area (Å²) in [5, 5.41) is 4.96. The molecule has 0 radical (unpaired) electrons. The number of fused-ring (bicyclic) bond motifs is 10. The van der Waals surface area contributed by atoms with Crippen LogP contribution >= 0.6 is 0 Å². The van der Waals surface area contributed by atoms with Crippen LogP contribution in [0.4, 0.5) is 0 Å². The fraction of sp³-hybridized carbons (Fsp3) is 0.0563. The molecule has 3 heterocycles. The lowest BCUT2D eigenvalue weighted by molar-refractivity contribution is 0.661. The predicted octanol–water partition coefficient (Wildman–Crippen LogP) is 17.4. The van der Waals surface area contributed by atoms with Crippen LogP contribution in [0.5, 0.6) is 0 Å². The molecule has 0 saturated heterocycles. The quantitative estimate of drug-likeness (QED) is 0.167. The molecule has 0 bridgehead atoms. The maximum atomic E-state index is 5.50. The molecule has 16 rings (SSSR count). The zero-order valence-corrected chi connectivity index (χ0v) is 41.4. The van der Waals surface area contributed by atoms with E-state index in [-0.39, 0.29) is 5.41 Å². The summed E-state index contributed by atoms with van der Waals surface area (Å²) in [6.45, 7) is 4.75. The van der Waals surface area contributed by atoms with E-state index >= 15 is 0 Å². The lowest BCUT2D eigenvalue weighted by Crippen LogP contribution is -2.28. The Balaban J connectivity index is 0.915. The summed E-state index contributed by atoms with van der Waals surface area (Å²) >= 11 is 0. The number of benzene rings is 11. The highest BCUT2D eigenvalue weighted by Gasteiger charge is 2.46. The molecular formula is C71H46N4. The molecule has 4 heteroatoms. The standard InChI is InChI=1S/C71H46N4/c1-70(2)60-26-15-24-55-54-36-34-49(42-63(54)75-62-27-14-12-23-53(62)56-37-39-61(70)65(64(55)60)66(56)75)69-73-67(45-31-28-44(29-32-45)47-33-30-43-16-9-10-17-46(43)40-47)72-68(74-69)48-35-38-59-57(41-48)52-22-11-13-25-58(52)71(59,50-18-5-3-6-19-50)51-20-7-4-8-21-51/h3-42H,1-2H3. The Labute approximate surface area is 435 Å². The van der Waals surface area contributed by atoms with E-state index in [1.165, 1.54) is 105 Å². The van der Waals surface area contributed by atoms with E-state index in [4.69, 9.17) is 15.0 Å². The van der Waals surface area contributed by atoms with Crippen LogP contribution in [0.3, 0.4) is 0 Å². The highest BCUT2D eigenvalue weighted by Crippen LogP contribution is 2.59. The number of rotatable bonds is 6. The second kappa shape index (κ2) is 15.5. The molecule has 0 fully saturated rings. The Hall–Kier alpha value is -9.51. The number of hydrogen-bond acceptors (Lipinski definition) is 3. The summed E-state index contributed by atoms with van der Waals surface area (Å²) < 4.78 is 2.52. The summed E-state index contributed by atoms with van der Waals surface area (Å²) in [5.41, 5.74) is 23.2. The second-order valence-electron chi connectivity index (χ2n) is 21.1. The maximum absolute atomic E-state index is 5.50. The molecule has 75 heavy (non-hydrogen) atoms. The van der Waals surface area contributed by atoms with Crippen LogP contribution in [0, 0.1) is 0 Å². The first kappa shape index (κ1) is 42.0. The van der Waals surface area contributed by atoms with E-state index in [0.717, 1.165) is 27.9 Å². The molecule has 11 aromatic carbocycles. The Morgan fingerprint density at radius 2 is 0.893 bits per heavy atom. The summed E-state index contributed by atoms with van der Waals surface area (Å²) in [5.74, 6) is 1.86. The number of hydrogen-bond donors (Lipinski definition) is 0. The molecular weight excluding hydrogens is 909 g/mol. The van der Waals surface area contributed by atoms with Crippen molar-refractivity contribution in [2.24, 2.45) is 0 Å². The van der Waals surface area contributed by atoms with Gasteiger partial charge in [-0.05, 0) is 102 Å². The van der Waals surface area contributed by atoms with Gasteiger partial charge in [-0.15, -0.1) is 0 Å². The minimum absolute atomic E-state index is 0.136. The van der Waals surface area contributed by atoms with E-state index < -0.39 is 5.41 Å². The van der Waals surface area contributed by atoms with Crippen LogP contribution in [0.15, 0.2) is 243 Å². The molecule has 0 unspecified atom stereocenters. The normalized spacial score (nSPS) is 13.9. The smallest absolute Gasteiger partial charge is 0.164 e. The van der Waals surface area contributed by atoms with Crippen LogP contribution in [0.25, 0.3) is 117 Å². The number of para-hydroxylation sites is 1. The van der Waals surface area contributed by atoms with Crippen LogP contribution < -0.4 is 0 Å². The molecule has 350 valence electrons. The third-order valence-corrected chi connectivity index (χ3v) is 16.9. The minimum atomic E-state index is -0.514. The van der Waals surface area contributed by atoms with Crippen molar-refractivity contribution in [1.82, 2.24) is 19.5 Å². The average molecular weight is 955 g/mol. The van der Waals surface area contributed by atoms with Gasteiger partial charge in [0, 0.05) is 44.0 Å². The van der Waals surface area contributed by atoms with Crippen LogP contribution in [0.2, 0.25) is 0 Å². The van der Waals surface area contributed by atoms with E-state index in [9.17, 15) is 0 Å². The Kier molecular flexibility index (Phi) is 8.69. The van der Waals surface area contributed by atoms with E-state index in [0.29, 0.717) is 17.5 Å². The van der Waals surface area contributed by atoms with Gasteiger partial charge in [-0.25, -0.2) is 15.0 Å². The molecule has 3 aliphatic rings. The van der Waals surface area contributed by atoms with Gasteiger partial charge in [0.1, 0.15) is 0 Å². The number of aromatic nitrogens is 4. The molecule has 1 aliphatic heterocycles. The molecule has 2 aromatic heterocycles. The zero-order valence-electron chi connectivity index (χ0n) is 41.4. The van der Waals surface area contributed by atoms with E-state index in [1.54, 1.807) is 0 Å². The van der Waals surface area contributed by atoms with Gasteiger partial charge in [0.15, 0.2) is 17.5 Å². The van der Waals surface area contributed by atoms with Gasteiger partial charge in [0.05, 0.1) is 22.1 Å². The van der Waals surface area contributed by atoms with Crippen molar-refractivity contribution in [2.45, 2.75) is 24.7 Å². The summed E-state index contributed by atoms with van der Waals surface area (Å²) in [6.07, 6.45) is 0. The van der Waals surface area contributed by atoms with Crippen molar-refractivity contribution >= 4 is 32.6 Å². The fourth-order valence-corrected chi connectivity index (χ4v) is 13.4. The third-order valence-electron chi connectivity index (χ3n) is 16.9. The molecule has 0 amide bonds. The zero-order chi connectivity index (χ0) is 49.6. The van der Waals surface area contributed by atoms with E-state index in [1.807, 2.05) is 0 Å². The molecule has 0 saturated carbocycles. The Bertz CT molecular complexity index is 4510. The molecule has 4 nitrogen and oxygen atoms in total. The Morgan fingerprint density at radius 1 is 0.333 bits per heavy atom. The van der Waals surface area contributed by atoms with Crippen molar-refractivity contribution in [3.05, 3.63) is 276 Å². The SMILES string of the molecule is CC1(C)c2cccc3c2-c2c1ccc1c4ccccc4n(c21)-c1cc(-c2nc(-c4ccc(-c5ccc6ccccc6c5)cc4)nc(-c4ccc5c(c4)-c4ccccc4C5(c4ccccc4)c4ccccc4)n2)ccc1-3. The number of nitrogens with zero attached hydrogens (tertiary/aromatic N) is 4. The summed E-state index contributed by atoms with van der Waals surface area (Å²) in [6, 6.07) is 88.9. The third kappa shape index (κ3) is 5.85. The first-order valence-electron chi connectivity index (χ1n) is 26.0. The van der Waals surface area contributed by atoms with Gasteiger partial charge < -0.3 is 4.57 Å². The van der Waals surface area contributed by atoms with Crippen LogP contribution in [-0.2, 0) is 10.8 Å². The van der Waals surface area contributed by atoms with Crippen molar-refractivity contribution in [2.75, 3.05) is 0 Å². The van der Waals surface area contributed by atoms with Crippen molar-refractivity contribution in [1.29, 1.82) is 0 Å². The lowest BCUT2D eigenvalue weighted by atomic mass is 9.67. The van der Waals surface area contributed by atoms with Crippen molar-refractivity contribution in [3.8, 4) is 84.4 Å². The van der Waals surface area contributed by atoms with Gasteiger partial charge in [0.25, 0.3) is 0 Å². The molecule has 0 N–H and O–H groups in total. The van der Waals surface area contributed by atoms with Gasteiger partial charge in [-0.1, -0.05) is 232 Å². The van der Waals surface area contributed by atoms with Gasteiger partial charge in [-0.2, -0.15) is 0 Å². The fourth-order valence-electron chi connectivity index (χ4n) is 13.4. The minimum Gasteiger partial charge on any atom is -0.308 e.